The SMILES string of the molecule is COCCOc1cccc(NC(=O)C(C)Oc2ccc(C)cc2)c1. The molecule has 5 nitrogen and oxygen atoms in total. The number of carbonyl (C=O) groups excluding carboxylic acids is 1. The zero-order valence-corrected chi connectivity index (χ0v) is 14.2. The molecular formula is C19H23NO4. The monoisotopic (exact) mass is 329 g/mol. The van der Waals surface area contributed by atoms with Gasteiger partial charge in [-0.2, -0.15) is 0 Å². The fourth-order valence-corrected chi connectivity index (χ4v) is 2.02. The lowest BCUT2D eigenvalue weighted by molar-refractivity contribution is -0.122. The maximum atomic E-state index is 12.3. The summed E-state index contributed by atoms with van der Waals surface area (Å²) in [4.78, 5) is 12.3. The predicted octanol–water partition coefficient (Wildman–Crippen LogP) is 3.43. The normalized spacial score (nSPS) is 11.6. The van der Waals surface area contributed by atoms with E-state index < -0.39 is 6.10 Å². The van der Waals surface area contributed by atoms with Gasteiger partial charge in [-0.05, 0) is 38.1 Å². The van der Waals surface area contributed by atoms with E-state index in [2.05, 4.69) is 5.32 Å². The molecule has 0 saturated carbocycles. The van der Waals surface area contributed by atoms with Crippen LogP contribution in [0.3, 0.4) is 0 Å². The second-order valence-electron chi connectivity index (χ2n) is 5.43. The highest BCUT2D eigenvalue weighted by Gasteiger charge is 2.15. The lowest BCUT2D eigenvalue weighted by Crippen LogP contribution is -2.30. The Hall–Kier alpha value is -2.53. The maximum absolute atomic E-state index is 12.3. The largest absolute Gasteiger partial charge is 0.491 e. The summed E-state index contributed by atoms with van der Waals surface area (Å²) in [5, 5.41) is 2.83. The molecule has 2 rings (SSSR count). The third-order valence-corrected chi connectivity index (χ3v) is 3.36. The molecular weight excluding hydrogens is 306 g/mol. The van der Waals surface area contributed by atoms with E-state index in [0.29, 0.717) is 30.4 Å². The topological polar surface area (TPSA) is 56.8 Å². The Bertz CT molecular complexity index is 655. The molecule has 1 N–H and O–H groups in total. The van der Waals surface area contributed by atoms with E-state index in [1.807, 2.05) is 43.3 Å². The molecule has 2 aromatic rings. The number of benzene rings is 2. The number of aryl methyl sites for hydroxylation is 1. The smallest absolute Gasteiger partial charge is 0.265 e. The quantitative estimate of drug-likeness (QED) is 0.754. The second kappa shape index (κ2) is 8.93. The number of ether oxygens (including phenoxy) is 3. The van der Waals surface area contributed by atoms with Gasteiger partial charge in [0.15, 0.2) is 6.10 Å². The molecule has 0 spiro atoms. The fraction of sp³-hybridized carbons (Fsp3) is 0.316. The summed E-state index contributed by atoms with van der Waals surface area (Å²) in [5.74, 6) is 1.13. The molecule has 0 saturated heterocycles. The van der Waals surface area contributed by atoms with Crippen molar-refractivity contribution in [1.29, 1.82) is 0 Å². The molecule has 0 aliphatic rings. The van der Waals surface area contributed by atoms with Crippen LogP contribution in [0.4, 0.5) is 5.69 Å². The Balaban J connectivity index is 1.90. The summed E-state index contributed by atoms with van der Waals surface area (Å²) < 4.78 is 16.1. The molecule has 1 amide bonds. The Labute approximate surface area is 142 Å². The summed E-state index contributed by atoms with van der Waals surface area (Å²) in [5.41, 5.74) is 1.80. The number of amides is 1. The Morgan fingerprint density at radius 3 is 2.54 bits per heavy atom. The van der Waals surface area contributed by atoms with E-state index in [1.54, 1.807) is 26.2 Å². The highest BCUT2D eigenvalue weighted by molar-refractivity contribution is 5.94. The maximum Gasteiger partial charge on any atom is 0.265 e. The summed E-state index contributed by atoms with van der Waals surface area (Å²) in [6, 6.07) is 14.8. The number of hydrogen-bond donors (Lipinski definition) is 1. The summed E-state index contributed by atoms with van der Waals surface area (Å²) in [7, 11) is 1.62. The summed E-state index contributed by atoms with van der Waals surface area (Å²) in [6.07, 6.45) is -0.606. The number of nitrogens with one attached hydrogen (secondary N) is 1. The van der Waals surface area contributed by atoms with Gasteiger partial charge in [0.25, 0.3) is 5.91 Å². The molecule has 128 valence electrons. The van der Waals surface area contributed by atoms with Crippen molar-refractivity contribution in [3.05, 3.63) is 54.1 Å². The molecule has 2 aromatic carbocycles. The number of rotatable bonds is 8. The molecule has 24 heavy (non-hydrogen) atoms. The van der Waals surface area contributed by atoms with Gasteiger partial charge in [-0.25, -0.2) is 0 Å². The zero-order chi connectivity index (χ0) is 17.4. The van der Waals surface area contributed by atoms with Crippen molar-refractivity contribution in [1.82, 2.24) is 0 Å². The van der Waals surface area contributed by atoms with Gasteiger partial charge in [-0.1, -0.05) is 23.8 Å². The second-order valence-corrected chi connectivity index (χ2v) is 5.43. The van der Waals surface area contributed by atoms with Crippen LogP contribution >= 0.6 is 0 Å². The lowest BCUT2D eigenvalue weighted by Gasteiger charge is -2.15. The molecule has 5 heteroatoms. The third kappa shape index (κ3) is 5.59. The van der Waals surface area contributed by atoms with Gasteiger partial charge < -0.3 is 19.5 Å². The van der Waals surface area contributed by atoms with Gasteiger partial charge in [0.1, 0.15) is 18.1 Å². The van der Waals surface area contributed by atoms with Crippen LogP contribution in [0.25, 0.3) is 0 Å². The molecule has 0 fully saturated rings. The Morgan fingerprint density at radius 1 is 1.08 bits per heavy atom. The van der Waals surface area contributed by atoms with Crippen molar-refractivity contribution in [3.63, 3.8) is 0 Å². The Morgan fingerprint density at radius 2 is 1.83 bits per heavy atom. The minimum atomic E-state index is -0.606. The summed E-state index contributed by atoms with van der Waals surface area (Å²) >= 11 is 0. The first-order valence-electron chi connectivity index (χ1n) is 7.84. The molecule has 0 aliphatic heterocycles. The average molecular weight is 329 g/mol. The van der Waals surface area contributed by atoms with Crippen molar-refractivity contribution in [2.45, 2.75) is 20.0 Å². The molecule has 0 bridgehead atoms. The first-order chi connectivity index (χ1) is 11.6. The molecule has 0 aromatic heterocycles. The van der Waals surface area contributed by atoms with E-state index in [9.17, 15) is 4.79 Å². The number of hydrogen-bond acceptors (Lipinski definition) is 4. The minimum Gasteiger partial charge on any atom is -0.491 e. The first-order valence-corrected chi connectivity index (χ1v) is 7.84. The zero-order valence-electron chi connectivity index (χ0n) is 14.2. The van der Waals surface area contributed by atoms with Gasteiger partial charge in [-0.15, -0.1) is 0 Å². The van der Waals surface area contributed by atoms with Crippen molar-refractivity contribution in [3.8, 4) is 11.5 Å². The van der Waals surface area contributed by atoms with E-state index >= 15 is 0 Å². The van der Waals surface area contributed by atoms with Crippen molar-refractivity contribution in [2.75, 3.05) is 25.6 Å². The third-order valence-electron chi connectivity index (χ3n) is 3.36. The van der Waals surface area contributed by atoms with Crippen LogP contribution in [0, 0.1) is 6.92 Å². The minimum absolute atomic E-state index is 0.218. The van der Waals surface area contributed by atoms with Gasteiger partial charge in [0.05, 0.1) is 6.61 Å². The predicted molar refractivity (Wildman–Crippen MR) is 93.7 cm³/mol. The van der Waals surface area contributed by atoms with Gasteiger partial charge in [-0.3, -0.25) is 4.79 Å². The van der Waals surface area contributed by atoms with Gasteiger partial charge in [0, 0.05) is 18.9 Å². The van der Waals surface area contributed by atoms with Crippen LogP contribution < -0.4 is 14.8 Å². The van der Waals surface area contributed by atoms with Crippen molar-refractivity contribution < 1.29 is 19.0 Å². The van der Waals surface area contributed by atoms with Crippen LogP contribution in [0.1, 0.15) is 12.5 Å². The standard InChI is InChI=1S/C19H23NO4/c1-14-7-9-17(10-8-14)24-15(2)19(21)20-16-5-4-6-18(13-16)23-12-11-22-3/h4-10,13,15H,11-12H2,1-3H3,(H,20,21). The van der Waals surface area contributed by atoms with Crippen LogP contribution in [-0.4, -0.2) is 32.3 Å². The van der Waals surface area contributed by atoms with Crippen molar-refractivity contribution in [2.24, 2.45) is 0 Å². The Kier molecular flexibility index (Phi) is 6.63. The highest BCUT2D eigenvalue weighted by atomic mass is 16.5. The van der Waals surface area contributed by atoms with E-state index in [-0.39, 0.29) is 5.91 Å². The van der Waals surface area contributed by atoms with Gasteiger partial charge >= 0.3 is 0 Å². The molecule has 1 atom stereocenters. The average Bonchev–Trinajstić information content (AvgIpc) is 2.57. The molecule has 0 radical (unpaired) electrons. The number of carbonyl (C=O) groups is 1. The highest BCUT2D eigenvalue weighted by Crippen LogP contribution is 2.18. The van der Waals surface area contributed by atoms with E-state index in [1.165, 1.54) is 0 Å². The number of anilines is 1. The van der Waals surface area contributed by atoms with Gasteiger partial charge in [0.2, 0.25) is 0 Å². The van der Waals surface area contributed by atoms with Crippen LogP contribution in [0.15, 0.2) is 48.5 Å². The molecule has 0 aliphatic carbocycles. The summed E-state index contributed by atoms with van der Waals surface area (Å²) in [6.45, 7) is 4.69. The van der Waals surface area contributed by atoms with Crippen molar-refractivity contribution >= 4 is 11.6 Å². The lowest BCUT2D eigenvalue weighted by atomic mass is 10.2. The van der Waals surface area contributed by atoms with E-state index in [4.69, 9.17) is 14.2 Å². The fourth-order valence-electron chi connectivity index (χ4n) is 2.02. The molecule has 1 unspecified atom stereocenters. The first kappa shape index (κ1) is 17.8. The van der Waals surface area contributed by atoms with E-state index in [0.717, 1.165) is 5.56 Å². The van der Waals surface area contributed by atoms with Crippen LogP contribution in [0.2, 0.25) is 0 Å². The van der Waals surface area contributed by atoms with Crippen LogP contribution in [0.5, 0.6) is 11.5 Å². The molecule has 0 heterocycles. The number of methoxy groups -OCH3 is 1. The van der Waals surface area contributed by atoms with Crippen LogP contribution in [-0.2, 0) is 9.53 Å².